The Morgan fingerprint density at radius 3 is 2.56 bits per heavy atom. The minimum Gasteiger partial charge on any atom is -0.342 e. The molecule has 0 saturated heterocycles. The summed E-state index contributed by atoms with van der Waals surface area (Å²) in [6.45, 7) is 1.64. The molecule has 138 valence electrons. The zero-order chi connectivity index (χ0) is 19.4. The number of hydrogen-bond donors (Lipinski definition) is 2. The van der Waals surface area contributed by atoms with Gasteiger partial charge in [0.1, 0.15) is 9.88 Å². The third kappa shape index (κ3) is 4.94. The number of carbonyl (C=O) groups excluding carboxylic acids is 2. The Bertz CT molecular complexity index is 989. The van der Waals surface area contributed by atoms with Gasteiger partial charge in [0, 0.05) is 15.1 Å². The normalized spacial score (nSPS) is 10.5. The zero-order valence-electron chi connectivity index (χ0n) is 14.3. The number of carbonyl (C=O) groups is 2. The molecule has 0 aliphatic carbocycles. The maximum atomic E-state index is 12.4. The summed E-state index contributed by atoms with van der Waals surface area (Å²) in [4.78, 5) is 29.4. The molecule has 1 heterocycles. The van der Waals surface area contributed by atoms with Gasteiger partial charge in [-0.3, -0.25) is 9.59 Å². The topological polar surface area (TPSA) is 71.1 Å². The van der Waals surface area contributed by atoms with E-state index >= 15 is 0 Å². The van der Waals surface area contributed by atoms with Crippen molar-refractivity contribution < 1.29 is 9.59 Å². The van der Waals surface area contributed by atoms with E-state index in [0.717, 1.165) is 15.0 Å². The van der Waals surface area contributed by atoms with Crippen molar-refractivity contribution >= 4 is 56.4 Å². The predicted molar refractivity (Wildman–Crippen MR) is 112 cm³/mol. The zero-order valence-corrected chi connectivity index (χ0v) is 17.4. The van der Waals surface area contributed by atoms with Crippen LogP contribution in [0, 0.1) is 6.92 Å². The van der Waals surface area contributed by atoms with Crippen molar-refractivity contribution in [2.75, 3.05) is 11.9 Å². The van der Waals surface area contributed by atoms with E-state index in [9.17, 15) is 9.59 Å². The highest BCUT2D eigenvalue weighted by molar-refractivity contribution is 9.10. The first-order valence-electron chi connectivity index (χ1n) is 8.00. The number of halogens is 2. The summed E-state index contributed by atoms with van der Waals surface area (Å²) >= 11 is 10.5. The molecule has 2 amide bonds. The van der Waals surface area contributed by atoms with Crippen LogP contribution in [0.25, 0.3) is 10.6 Å². The molecule has 0 saturated carbocycles. The first-order valence-corrected chi connectivity index (χ1v) is 9.98. The number of para-hydroxylation sites is 1. The Kier molecular flexibility index (Phi) is 6.26. The van der Waals surface area contributed by atoms with Crippen LogP contribution in [-0.4, -0.2) is 23.3 Å². The van der Waals surface area contributed by atoms with Gasteiger partial charge in [0.05, 0.1) is 17.9 Å². The number of aryl methyl sites for hydroxylation is 1. The molecule has 0 unspecified atom stereocenters. The van der Waals surface area contributed by atoms with Crippen molar-refractivity contribution in [1.29, 1.82) is 0 Å². The lowest BCUT2D eigenvalue weighted by molar-refractivity contribution is -0.115. The van der Waals surface area contributed by atoms with Gasteiger partial charge in [0.2, 0.25) is 5.91 Å². The van der Waals surface area contributed by atoms with Gasteiger partial charge >= 0.3 is 0 Å². The van der Waals surface area contributed by atoms with Gasteiger partial charge in [-0.15, -0.1) is 11.3 Å². The van der Waals surface area contributed by atoms with E-state index in [1.54, 1.807) is 25.1 Å². The van der Waals surface area contributed by atoms with Gasteiger partial charge in [-0.1, -0.05) is 35.9 Å². The monoisotopic (exact) mass is 463 g/mol. The number of nitrogens with zero attached hydrogens (tertiary/aromatic N) is 1. The molecule has 27 heavy (non-hydrogen) atoms. The van der Waals surface area contributed by atoms with Crippen LogP contribution in [0.5, 0.6) is 0 Å². The fourth-order valence-corrected chi connectivity index (χ4v) is 3.82. The molecule has 0 atom stereocenters. The van der Waals surface area contributed by atoms with Gasteiger partial charge in [-0.05, 0) is 47.1 Å². The van der Waals surface area contributed by atoms with Gasteiger partial charge in [-0.2, -0.15) is 0 Å². The second-order valence-corrected chi connectivity index (χ2v) is 7.94. The number of nitrogens with one attached hydrogen (secondary N) is 2. The fourth-order valence-electron chi connectivity index (χ4n) is 2.32. The molecule has 0 fully saturated rings. The van der Waals surface area contributed by atoms with Gasteiger partial charge in [-0.25, -0.2) is 4.98 Å². The van der Waals surface area contributed by atoms with Crippen LogP contribution in [0.4, 0.5) is 5.69 Å². The number of hydrogen-bond acceptors (Lipinski definition) is 4. The van der Waals surface area contributed by atoms with Crippen LogP contribution in [0.2, 0.25) is 5.02 Å². The molecule has 5 nitrogen and oxygen atoms in total. The third-order valence-corrected chi connectivity index (χ3v) is 5.80. The smallest absolute Gasteiger partial charge is 0.263 e. The van der Waals surface area contributed by atoms with Crippen molar-refractivity contribution in [3.8, 4) is 10.6 Å². The number of thiazole rings is 1. The molecular weight excluding hydrogens is 450 g/mol. The van der Waals surface area contributed by atoms with E-state index < -0.39 is 0 Å². The standard InChI is InChI=1S/C19H15BrClN3O2S/c1-11-17(27-19(23-11)12-6-8-13(21)9-7-12)18(26)22-10-16(25)24-15-5-3-2-4-14(15)20/h2-9H,10H2,1H3,(H,22,26)(H,24,25). The SMILES string of the molecule is Cc1nc(-c2ccc(Cl)cc2)sc1C(=O)NCC(=O)Nc1ccccc1Br. The fraction of sp³-hybridized carbons (Fsp3) is 0.105. The molecule has 1 aromatic heterocycles. The largest absolute Gasteiger partial charge is 0.342 e. The predicted octanol–water partition coefficient (Wildman–Crippen LogP) is 4.90. The summed E-state index contributed by atoms with van der Waals surface area (Å²) in [5.74, 6) is -0.636. The van der Waals surface area contributed by atoms with Crippen molar-refractivity contribution in [3.05, 3.63) is 68.6 Å². The van der Waals surface area contributed by atoms with E-state index in [4.69, 9.17) is 11.6 Å². The Labute approximate surface area is 173 Å². The molecule has 3 rings (SSSR count). The van der Waals surface area contributed by atoms with Crippen LogP contribution < -0.4 is 10.6 Å². The molecule has 0 radical (unpaired) electrons. The maximum absolute atomic E-state index is 12.4. The van der Waals surface area contributed by atoms with Gasteiger partial charge in [0.25, 0.3) is 5.91 Å². The highest BCUT2D eigenvalue weighted by atomic mass is 79.9. The quantitative estimate of drug-likeness (QED) is 0.564. The molecule has 8 heteroatoms. The van der Waals surface area contributed by atoms with Gasteiger partial charge < -0.3 is 10.6 Å². The Morgan fingerprint density at radius 1 is 1.15 bits per heavy atom. The molecule has 2 N–H and O–H groups in total. The van der Waals surface area contributed by atoms with Crippen molar-refractivity contribution in [1.82, 2.24) is 10.3 Å². The molecule has 0 aliphatic heterocycles. The van der Waals surface area contributed by atoms with Crippen molar-refractivity contribution in [2.45, 2.75) is 6.92 Å². The van der Waals surface area contributed by atoms with E-state index in [1.807, 2.05) is 30.3 Å². The van der Waals surface area contributed by atoms with Crippen molar-refractivity contribution in [3.63, 3.8) is 0 Å². The lowest BCUT2D eigenvalue weighted by atomic mass is 10.2. The van der Waals surface area contributed by atoms with E-state index in [2.05, 4.69) is 31.5 Å². The van der Waals surface area contributed by atoms with E-state index in [0.29, 0.717) is 21.3 Å². The van der Waals surface area contributed by atoms with E-state index in [-0.39, 0.29) is 18.4 Å². The first kappa shape index (κ1) is 19.5. The molecule has 3 aromatic rings. The average Bonchev–Trinajstić information content (AvgIpc) is 3.04. The van der Waals surface area contributed by atoms with Crippen LogP contribution in [0.15, 0.2) is 53.0 Å². The number of amides is 2. The maximum Gasteiger partial charge on any atom is 0.263 e. The Hall–Kier alpha value is -2.22. The second kappa shape index (κ2) is 8.65. The Balaban J connectivity index is 1.63. The third-order valence-electron chi connectivity index (χ3n) is 3.65. The molecular formula is C19H15BrClN3O2S. The second-order valence-electron chi connectivity index (χ2n) is 5.65. The summed E-state index contributed by atoms with van der Waals surface area (Å²) in [6.07, 6.45) is 0. The number of anilines is 1. The molecule has 2 aromatic carbocycles. The number of aromatic nitrogens is 1. The van der Waals surface area contributed by atoms with Crippen LogP contribution in [0.3, 0.4) is 0 Å². The summed E-state index contributed by atoms with van der Waals surface area (Å²) in [5.41, 5.74) is 2.16. The highest BCUT2D eigenvalue weighted by Gasteiger charge is 2.17. The van der Waals surface area contributed by atoms with Gasteiger partial charge in [0.15, 0.2) is 0 Å². The summed E-state index contributed by atoms with van der Waals surface area (Å²) in [7, 11) is 0. The number of rotatable bonds is 5. The van der Waals surface area contributed by atoms with Crippen LogP contribution >= 0.6 is 38.9 Å². The lowest BCUT2D eigenvalue weighted by Crippen LogP contribution is -2.32. The van der Waals surface area contributed by atoms with Crippen LogP contribution in [0.1, 0.15) is 15.4 Å². The Morgan fingerprint density at radius 2 is 1.85 bits per heavy atom. The van der Waals surface area contributed by atoms with Crippen LogP contribution in [-0.2, 0) is 4.79 Å². The average molecular weight is 465 g/mol. The molecule has 0 bridgehead atoms. The summed E-state index contributed by atoms with van der Waals surface area (Å²) in [6, 6.07) is 14.5. The van der Waals surface area contributed by atoms with Crippen molar-refractivity contribution in [2.24, 2.45) is 0 Å². The minimum absolute atomic E-state index is 0.131. The highest BCUT2D eigenvalue weighted by Crippen LogP contribution is 2.28. The summed E-state index contributed by atoms with van der Waals surface area (Å²) in [5, 5.41) is 6.75. The number of benzene rings is 2. The first-order chi connectivity index (χ1) is 12.9. The molecule has 0 spiro atoms. The lowest BCUT2D eigenvalue weighted by Gasteiger charge is -2.08. The minimum atomic E-state index is -0.326. The van der Waals surface area contributed by atoms with E-state index in [1.165, 1.54) is 11.3 Å². The summed E-state index contributed by atoms with van der Waals surface area (Å²) < 4.78 is 0.774. The molecule has 0 aliphatic rings.